The molecule has 21 heavy (non-hydrogen) atoms. The molecule has 0 bridgehead atoms. The lowest BCUT2D eigenvalue weighted by atomic mass is 10.2. The van der Waals surface area contributed by atoms with Gasteiger partial charge in [0, 0.05) is 26.1 Å². The van der Waals surface area contributed by atoms with Crippen molar-refractivity contribution in [1.29, 1.82) is 0 Å². The topological polar surface area (TPSA) is 41.6 Å². The summed E-state index contributed by atoms with van der Waals surface area (Å²) in [5.74, 6) is 0.759. The lowest BCUT2D eigenvalue weighted by Gasteiger charge is -2.19. The molecule has 6 heteroatoms. The number of amides is 1. The van der Waals surface area contributed by atoms with Gasteiger partial charge in [0.25, 0.3) is 0 Å². The molecule has 0 atom stereocenters. The summed E-state index contributed by atoms with van der Waals surface area (Å²) in [6, 6.07) is 5.28. The first-order valence-corrected chi connectivity index (χ1v) is 7.99. The molecule has 0 saturated carbocycles. The second kappa shape index (κ2) is 8.47. The van der Waals surface area contributed by atoms with Gasteiger partial charge in [-0.2, -0.15) is 0 Å². The van der Waals surface area contributed by atoms with Crippen LogP contribution in [0, 0.1) is 0 Å². The van der Waals surface area contributed by atoms with Crippen LogP contribution in [-0.4, -0.2) is 43.6 Å². The number of ether oxygens (including phenoxy) is 1. The van der Waals surface area contributed by atoms with Crippen LogP contribution >= 0.6 is 23.2 Å². The van der Waals surface area contributed by atoms with Crippen molar-refractivity contribution in [2.45, 2.75) is 19.3 Å². The van der Waals surface area contributed by atoms with Gasteiger partial charge >= 0.3 is 0 Å². The molecular formula is C15H20Cl2N2O2. The van der Waals surface area contributed by atoms with E-state index in [1.807, 2.05) is 4.90 Å². The molecule has 1 aliphatic rings. The molecule has 0 radical (unpaired) electrons. The van der Waals surface area contributed by atoms with E-state index < -0.39 is 0 Å². The minimum absolute atomic E-state index is 0.194. The zero-order valence-electron chi connectivity index (χ0n) is 11.9. The first kappa shape index (κ1) is 16.4. The molecule has 1 aromatic carbocycles. The Morgan fingerprint density at radius 2 is 2.14 bits per heavy atom. The first-order valence-electron chi connectivity index (χ1n) is 7.24. The number of hydrogen-bond donors (Lipinski definition) is 1. The Kier molecular flexibility index (Phi) is 6.61. The Morgan fingerprint density at radius 3 is 3.00 bits per heavy atom. The van der Waals surface area contributed by atoms with Crippen LogP contribution in [0.15, 0.2) is 18.2 Å². The van der Waals surface area contributed by atoms with E-state index in [-0.39, 0.29) is 5.91 Å². The summed E-state index contributed by atoms with van der Waals surface area (Å²) in [6.07, 6.45) is 2.18. The average Bonchev–Trinajstić information content (AvgIpc) is 2.76. The number of hydrogen-bond acceptors (Lipinski definition) is 3. The summed E-state index contributed by atoms with van der Waals surface area (Å²) in [5.41, 5.74) is 0. The van der Waals surface area contributed by atoms with E-state index in [9.17, 15) is 4.79 Å². The number of carbonyl (C=O) groups excluding carboxylic acids is 1. The molecule has 1 aliphatic heterocycles. The largest absolute Gasteiger partial charge is 0.492 e. The number of carbonyl (C=O) groups is 1. The van der Waals surface area contributed by atoms with Crippen LogP contribution in [0.4, 0.5) is 0 Å². The minimum Gasteiger partial charge on any atom is -0.492 e. The van der Waals surface area contributed by atoms with Crippen molar-refractivity contribution in [2.75, 3.05) is 32.8 Å². The van der Waals surface area contributed by atoms with Gasteiger partial charge in [-0.3, -0.25) is 4.79 Å². The standard InChI is InChI=1S/C15H20Cl2N2O2/c16-12-4-1-5-13(15(12)17)21-11-2-6-14(20)19-9-3-7-18-8-10-19/h1,4-5,18H,2-3,6-11H2. The molecule has 1 fully saturated rings. The van der Waals surface area contributed by atoms with Gasteiger partial charge in [0.1, 0.15) is 10.8 Å². The molecule has 116 valence electrons. The summed E-state index contributed by atoms with van der Waals surface area (Å²) in [6.45, 7) is 3.95. The smallest absolute Gasteiger partial charge is 0.222 e. The molecule has 0 aromatic heterocycles. The van der Waals surface area contributed by atoms with Gasteiger partial charge < -0.3 is 15.0 Å². The summed E-state index contributed by atoms with van der Waals surface area (Å²) in [4.78, 5) is 14.0. The Morgan fingerprint density at radius 1 is 1.29 bits per heavy atom. The first-order chi connectivity index (χ1) is 10.2. The quantitative estimate of drug-likeness (QED) is 0.844. The fraction of sp³-hybridized carbons (Fsp3) is 0.533. The van der Waals surface area contributed by atoms with Crippen molar-refractivity contribution >= 4 is 29.1 Å². The maximum absolute atomic E-state index is 12.1. The zero-order chi connectivity index (χ0) is 15.1. The lowest BCUT2D eigenvalue weighted by Crippen LogP contribution is -2.34. The molecule has 1 heterocycles. The van der Waals surface area contributed by atoms with Gasteiger partial charge in [-0.15, -0.1) is 0 Å². The van der Waals surface area contributed by atoms with Crippen LogP contribution in [0.1, 0.15) is 19.3 Å². The molecule has 0 aliphatic carbocycles. The fourth-order valence-corrected chi connectivity index (χ4v) is 2.60. The predicted molar refractivity (Wildman–Crippen MR) is 85.3 cm³/mol. The number of nitrogens with zero attached hydrogens (tertiary/aromatic N) is 1. The molecule has 1 N–H and O–H groups in total. The third kappa shape index (κ3) is 5.06. The number of halogens is 2. The second-order valence-electron chi connectivity index (χ2n) is 4.99. The van der Waals surface area contributed by atoms with Crippen LogP contribution in [0.3, 0.4) is 0 Å². The Hall–Kier alpha value is -0.970. The van der Waals surface area contributed by atoms with E-state index in [4.69, 9.17) is 27.9 Å². The fourth-order valence-electron chi connectivity index (χ4n) is 2.25. The van der Waals surface area contributed by atoms with E-state index in [1.165, 1.54) is 0 Å². The molecule has 2 rings (SSSR count). The Bertz CT molecular complexity index is 475. The van der Waals surface area contributed by atoms with E-state index >= 15 is 0 Å². The summed E-state index contributed by atoms with van der Waals surface area (Å²) in [5, 5.41) is 4.18. The SMILES string of the molecule is O=C(CCCOc1cccc(Cl)c1Cl)N1CCCNCC1. The van der Waals surface area contributed by atoms with Crippen molar-refractivity contribution in [3.63, 3.8) is 0 Å². The highest BCUT2D eigenvalue weighted by Gasteiger charge is 2.14. The Labute approximate surface area is 135 Å². The molecule has 1 amide bonds. The summed E-state index contributed by atoms with van der Waals surface area (Å²) in [7, 11) is 0. The van der Waals surface area contributed by atoms with E-state index in [2.05, 4.69) is 5.32 Å². The molecular weight excluding hydrogens is 311 g/mol. The number of nitrogens with one attached hydrogen (secondary N) is 1. The predicted octanol–water partition coefficient (Wildman–Crippen LogP) is 2.97. The maximum atomic E-state index is 12.1. The van der Waals surface area contributed by atoms with Crippen molar-refractivity contribution in [3.8, 4) is 5.75 Å². The third-order valence-electron chi connectivity index (χ3n) is 3.40. The lowest BCUT2D eigenvalue weighted by molar-refractivity contribution is -0.131. The van der Waals surface area contributed by atoms with E-state index in [1.54, 1.807) is 18.2 Å². The molecule has 0 spiro atoms. The van der Waals surface area contributed by atoms with Crippen molar-refractivity contribution in [3.05, 3.63) is 28.2 Å². The minimum atomic E-state index is 0.194. The molecule has 0 unspecified atom stereocenters. The van der Waals surface area contributed by atoms with Gasteiger partial charge in [0.05, 0.1) is 11.6 Å². The van der Waals surface area contributed by atoms with Gasteiger partial charge in [-0.25, -0.2) is 0 Å². The number of rotatable bonds is 5. The molecule has 4 nitrogen and oxygen atoms in total. The van der Waals surface area contributed by atoms with E-state index in [0.29, 0.717) is 35.2 Å². The highest BCUT2D eigenvalue weighted by Crippen LogP contribution is 2.31. The van der Waals surface area contributed by atoms with Crippen molar-refractivity contribution in [1.82, 2.24) is 10.2 Å². The van der Waals surface area contributed by atoms with Crippen molar-refractivity contribution in [2.24, 2.45) is 0 Å². The normalized spacial score (nSPS) is 15.6. The molecule has 1 saturated heterocycles. The maximum Gasteiger partial charge on any atom is 0.222 e. The van der Waals surface area contributed by atoms with Gasteiger partial charge in [0.15, 0.2) is 0 Å². The molecule has 1 aromatic rings. The van der Waals surface area contributed by atoms with E-state index in [0.717, 1.165) is 32.6 Å². The van der Waals surface area contributed by atoms with Crippen LogP contribution in [0.2, 0.25) is 10.0 Å². The second-order valence-corrected chi connectivity index (χ2v) is 5.77. The van der Waals surface area contributed by atoms with Crippen LogP contribution in [0.5, 0.6) is 5.75 Å². The van der Waals surface area contributed by atoms with Crippen LogP contribution < -0.4 is 10.1 Å². The monoisotopic (exact) mass is 330 g/mol. The summed E-state index contributed by atoms with van der Waals surface area (Å²) < 4.78 is 5.58. The van der Waals surface area contributed by atoms with Crippen molar-refractivity contribution < 1.29 is 9.53 Å². The summed E-state index contributed by atoms with van der Waals surface area (Å²) >= 11 is 12.0. The van der Waals surface area contributed by atoms with Crippen LogP contribution in [-0.2, 0) is 4.79 Å². The van der Waals surface area contributed by atoms with Gasteiger partial charge in [0.2, 0.25) is 5.91 Å². The third-order valence-corrected chi connectivity index (χ3v) is 4.20. The van der Waals surface area contributed by atoms with Gasteiger partial charge in [-0.1, -0.05) is 29.3 Å². The average molecular weight is 331 g/mol. The zero-order valence-corrected chi connectivity index (χ0v) is 13.4. The highest BCUT2D eigenvalue weighted by atomic mass is 35.5. The highest BCUT2D eigenvalue weighted by molar-refractivity contribution is 6.42. The Balaban J connectivity index is 1.71. The number of benzene rings is 1. The van der Waals surface area contributed by atoms with Crippen LogP contribution in [0.25, 0.3) is 0 Å². The van der Waals surface area contributed by atoms with Gasteiger partial charge in [-0.05, 0) is 31.5 Å².